The van der Waals surface area contributed by atoms with Crippen molar-refractivity contribution < 1.29 is 13.6 Å². The number of rotatable bonds is 4. The van der Waals surface area contributed by atoms with Gasteiger partial charge in [-0.15, -0.1) is 0 Å². The van der Waals surface area contributed by atoms with Crippen molar-refractivity contribution in [2.24, 2.45) is 0 Å². The highest BCUT2D eigenvalue weighted by Gasteiger charge is 2.15. The van der Waals surface area contributed by atoms with Gasteiger partial charge in [-0.3, -0.25) is 4.79 Å². The lowest BCUT2D eigenvalue weighted by atomic mass is 10.0. The zero-order valence-corrected chi connectivity index (χ0v) is 15.3. The number of anilines is 2. The normalized spacial score (nSPS) is 10.6. The van der Waals surface area contributed by atoms with E-state index in [2.05, 4.69) is 10.3 Å². The second-order valence-corrected chi connectivity index (χ2v) is 6.37. The van der Waals surface area contributed by atoms with Crippen LogP contribution >= 0.6 is 0 Å². The number of nitrogens with zero attached hydrogens (tertiary/aromatic N) is 1. The number of carbonyl (C=O) groups is 1. The third-order valence-electron chi connectivity index (χ3n) is 4.24. The Balaban J connectivity index is 1.92. The van der Waals surface area contributed by atoms with Crippen LogP contribution in [-0.2, 0) is 0 Å². The van der Waals surface area contributed by atoms with Gasteiger partial charge in [0.05, 0.1) is 5.69 Å². The SMILES string of the molecule is CC(=N)c1ccc(-c2ccc(C)c(C(=O)Nc3ccc(F)c(F)c3)n2)cc1N. The van der Waals surface area contributed by atoms with E-state index < -0.39 is 17.5 Å². The standard InChI is InChI=1S/C21H18F2N4O/c1-11-3-8-19(13-4-6-15(12(2)24)18(25)9-13)27-20(11)21(28)26-14-5-7-16(22)17(23)10-14/h3-10,24H,25H2,1-2H3,(H,26,28). The molecule has 3 aromatic rings. The average Bonchev–Trinajstić information content (AvgIpc) is 2.64. The Labute approximate surface area is 160 Å². The van der Waals surface area contributed by atoms with Gasteiger partial charge in [-0.25, -0.2) is 13.8 Å². The molecule has 0 radical (unpaired) electrons. The maximum absolute atomic E-state index is 13.4. The molecule has 0 saturated heterocycles. The number of hydrogen-bond donors (Lipinski definition) is 3. The van der Waals surface area contributed by atoms with E-state index in [1.807, 2.05) is 0 Å². The van der Waals surface area contributed by atoms with Gasteiger partial charge in [0.1, 0.15) is 5.69 Å². The topological polar surface area (TPSA) is 91.9 Å². The second-order valence-electron chi connectivity index (χ2n) is 6.37. The molecule has 142 valence electrons. The van der Waals surface area contributed by atoms with Crippen LogP contribution < -0.4 is 11.1 Å². The van der Waals surface area contributed by atoms with Crippen molar-refractivity contribution in [2.75, 3.05) is 11.1 Å². The molecule has 1 aromatic heterocycles. The van der Waals surface area contributed by atoms with Gasteiger partial charge in [-0.2, -0.15) is 0 Å². The zero-order chi connectivity index (χ0) is 20.4. The van der Waals surface area contributed by atoms with Crippen molar-refractivity contribution >= 4 is 23.0 Å². The molecule has 0 bridgehead atoms. The quantitative estimate of drug-likeness (QED) is 0.458. The molecule has 7 heteroatoms. The summed E-state index contributed by atoms with van der Waals surface area (Å²) < 4.78 is 26.4. The molecule has 0 aliphatic heterocycles. The number of halogens is 2. The van der Waals surface area contributed by atoms with Gasteiger partial charge in [0, 0.05) is 34.3 Å². The first-order valence-electron chi connectivity index (χ1n) is 8.45. The van der Waals surface area contributed by atoms with Crippen LogP contribution in [0.15, 0.2) is 48.5 Å². The van der Waals surface area contributed by atoms with Crippen LogP contribution in [0.25, 0.3) is 11.3 Å². The van der Waals surface area contributed by atoms with E-state index >= 15 is 0 Å². The molecule has 0 aliphatic carbocycles. The number of nitrogen functional groups attached to an aromatic ring is 1. The van der Waals surface area contributed by atoms with Crippen LogP contribution in [0.5, 0.6) is 0 Å². The third-order valence-corrected chi connectivity index (χ3v) is 4.24. The number of carbonyl (C=O) groups excluding carboxylic acids is 1. The summed E-state index contributed by atoms with van der Waals surface area (Å²) in [6.07, 6.45) is 0. The number of hydrogen-bond acceptors (Lipinski definition) is 4. The Bertz CT molecular complexity index is 1100. The molecule has 0 aliphatic rings. The summed E-state index contributed by atoms with van der Waals surface area (Å²) in [6, 6.07) is 11.8. The van der Waals surface area contributed by atoms with Crippen LogP contribution in [0.4, 0.5) is 20.2 Å². The van der Waals surface area contributed by atoms with E-state index in [1.165, 1.54) is 6.07 Å². The fourth-order valence-electron chi connectivity index (χ4n) is 2.75. The van der Waals surface area contributed by atoms with Crippen molar-refractivity contribution in [3.05, 3.63) is 77.0 Å². The first-order valence-corrected chi connectivity index (χ1v) is 8.45. The fraction of sp³-hybridized carbons (Fsp3) is 0.0952. The minimum absolute atomic E-state index is 0.130. The summed E-state index contributed by atoms with van der Waals surface area (Å²) in [5.74, 6) is -2.57. The van der Waals surface area contributed by atoms with Gasteiger partial charge >= 0.3 is 0 Å². The molecule has 0 atom stereocenters. The first-order chi connectivity index (χ1) is 13.3. The fourth-order valence-corrected chi connectivity index (χ4v) is 2.75. The van der Waals surface area contributed by atoms with E-state index in [0.29, 0.717) is 33.8 Å². The predicted octanol–water partition coefficient (Wildman–Crippen LogP) is 4.56. The van der Waals surface area contributed by atoms with E-state index in [-0.39, 0.29) is 11.4 Å². The number of nitrogens with one attached hydrogen (secondary N) is 2. The van der Waals surface area contributed by atoms with Gasteiger partial charge in [-0.1, -0.05) is 18.2 Å². The molecule has 5 nitrogen and oxygen atoms in total. The summed E-state index contributed by atoms with van der Waals surface area (Å²) in [5, 5.41) is 10.2. The van der Waals surface area contributed by atoms with Crippen LogP contribution in [0.2, 0.25) is 0 Å². The molecule has 0 saturated carbocycles. The van der Waals surface area contributed by atoms with Crippen molar-refractivity contribution in [3.63, 3.8) is 0 Å². The predicted molar refractivity (Wildman–Crippen MR) is 106 cm³/mol. The molecule has 0 unspecified atom stereocenters. The Morgan fingerprint density at radius 1 is 1.07 bits per heavy atom. The zero-order valence-electron chi connectivity index (χ0n) is 15.3. The van der Waals surface area contributed by atoms with Crippen LogP contribution in [0.1, 0.15) is 28.5 Å². The first kappa shape index (κ1) is 19.2. The highest BCUT2D eigenvalue weighted by Crippen LogP contribution is 2.24. The van der Waals surface area contributed by atoms with E-state index in [1.54, 1.807) is 44.2 Å². The highest BCUT2D eigenvalue weighted by molar-refractivity contribution is 6.04. The highest BCUT2D eigenvalue weighted by atomic mass is 19.2. The molecule has 4 N–H and O–H groups in total. The molecule has 0 fully saturated rings. The second kappa shape index (κ2) is 7.56. The van der Waals surface area contributed by atoms with Gasteiger partial charge in [-0.05, 0) is 43.7 Å². The van der Waals surface area contributed by atoms with Crippen LogP contribution in [0, 0.1) is 24.0 Å². The maximum Gasteiger partial charge on any atom is 0.274 e. The van der Waals surface area contributed by atoms with Crippen LogP contribution in [-0.4, -0.2) is 16.6 Å². The van der Waals surface area contributed by atoms with Gasteiger partial charge in [0.25, 0.3) is 5.91 Å². The number of aromatic nitrogens is 1. The van der Waals surface area contributed by atoms with Crippen molar-refractivity contribution in [3.8, 4) is 11.3 Å². The third kappa shape index (κ3) is 3.88. The number of aryl methyl sites for hydroxylation is 1. The summed E-state index contributed by atoms with van der Waals surface area (Å²) >= 11 is 0. The molecular weight excluding hydrogens is 362 g/mol. The lowest BCUT2D eigenvalue weighted by molar-refractivity contribution is 0.102. The van der Waals surface area contributed by atoms with Gasteiger partial charge in [0.2, 0.25) is 0 Å². The van der Waals surface area contributed by atoms with E-state index in [4.69, 9.17) is 11.1 Å². The van der Waals surface area contributed by atoms with Crippen molar-refractivity contribution in [2.45, 2.75) is 13.8 Å². The minimum atomic E-state index is -1.05. The number of amides is 1. The van der Waals surface area contributed by atoms with Crippen molar-refractivity contribution in [1.82, 2.24) is 4.98 Å². The van der Waals surface area contributed by atoms with E-state index in [0.717, 1.165) is 12.1 Å². The summed E-state index contributed by atoms with van der Waals surface area (Å²) in [7, 11) is 0. The Kier molecular flexibility index (Phi) is 5.17. The average molecular weight is 380 g/mol. The molecule has 2 aromatic carbocycles. The molecule has 3 rings (SSSR count). The Morgan fingerprint density at radius 2 is 1.82 bits per heavy atom. The largest absolute Gasteiger partial charge is 0.398 e. The molecular formula is C21H18F2N4O. The molecule has 0 spiro atoms. The van der Waals surface area contributed by atoms with Crippen molar-refractivity contribution in [1.29, 1.82) is 5.41 Å². The summed E-state index contributed by atoms with van der Waals surface area (Å²) in [5.41, 5.74) is 9.58. The number of pyridine rings is 1. The lowest BCUT2D eigenvalue weighted by Gasteiger charge is -2.11. The Hall–Kier alpha value is -3.61. The molecule has 1 amide bonds. The number of benzene rings is 2. The summed E-state index contributed by atoms with van der Waals surface area (Å²) in [6.45, 7) is 3.38. The van der Waals surface area contributed by atoms with Gasteiger partial charge < -0.3 is 16.5 Å². The Morgan fingerprint density at radius 3 is 2.46 bits per heavy atom. The minimum Gasteiger partial charge on any atom is -0.398 e. The van der Waals surface area contributed by atoms with Gasteiger partial charge in [0.15, 0.2) is 11.6 Å². The molecule has 28 heavy (non-hydrogen) atoms. The number of nitrogens with two attached hydrogens (primary N) is 1. The lowest BCUT2D eigenvalue weighted by Crippen LogP contribution is -2.16. The summed E-state index contributed by atoms with van der Waals surface area (Å²) in [4.78, 5) is 17.0. The smallest absolute Gasteiger partial charge is 0.274 e. The maximum atomic E-state index is 13.4. The molecule has 1 heterocycles. The van der Waals surface area contributed by atoms with E-state index in [9.17, 15) is 13.6 Å². The van der Waals surface area contributed by atoms with Crippen LogP contribution in [0.3, 0.4) is 0 Å². The monoisotopic (exact) mass is 380 g/mol.